The van der Waals surface area contributed by atoms with Gasteiger partial charge in [-0.3, -0.25) is 14.9 Å². The van der Waals surface area contributed by atoms with Crippen LogP contribution in [0.25, 0.3) is 0 Å². The number of hydrogen-bond donors (Lipinski definition) is 2. The number of carbonyl (C=O) groups is 1. The number of nitro groups is 1. The summed E-state index contributed by atoms with van der Waals surface area (Å²) in [6.07, 6.45) is 1.62. The van der Waals surface area contributed by atoms with Crippen LogP contribution in [-0.2, 0) is 10.0 Å². The van der Waals surface area contributed by atoms with Gasteiger partial charge in [-0.2, -0.15) is 0 Å². The van der Waals surface area contributed by atoms with Gasteiger partial charge in [-0.05, 0) is 37.1 Å². The molecule has 0 bridgehead atoms. The lowest BCUT2D eigenvalue weighted by molar-refractivity contribution is -0.384. The number of rotatable bonds is 7. The zero-order valence-corrected chi connectivity index (χ0v) is 15.2. The summed E-state index contributed by atoms with van der Waals surface area (Å²) < 4.78 is 32.2. The second-order valence-electron chi connectivity index (χ2n) is 6.02. The number of sulfonamides is 1. The van der Waals surface area contributed by atoms with Crippen LogP contribution in [0.2, 0.25) is 0 Å². The van der Waals surface area contributed by atoms with Gasteiger partial charge in [0.2, 0.25) is 10.0 Å². The van der Waals surface area contributed by atoms with E-state index in [2.05, 4.69) is 10.0 Å². The Balaban J connectivity index is 1.85. The molecule has 1 saturated carbocycles. The van der Waals surface area contributed by atoms with Crippen LogP contribution in [0.5, 0.6) is 5.75 Å². The molecule has 10 heteroatoms. The molecule has 1 aliphatic carbocycles. The third kappa shape index (κ3) is 4.41. The van der Waals surface area contributed by atoms with Crippen molar-refractivity contribution in [2.24, 2.45) is 0 Å². The summed E-state index contributed by atoms with van der Waals surface area (Å²) in [6.45, 7) is 0. The van der Waals surface area contributed by atoms with E-state index in [1.54, 1.807) is 0 Å². The van der Waals surface area contributed by atoms with Gasteiger partial charge in [0.25, 0.3) is 11.6 Å². The number of methoxy groups -OCH3 is 1. The van der Waals surface area contributed by atoms with Gasteiger partial charge in [-0.1, -0.05) is 6.07 Å². The van der Waals surface area contributed by atoms with E-state index in [-0.39, 0.29) is 33.6 Å². The molecule has 1 amide bonds. The quantitative estimate of drug-likeness (QED) is 0.551. The van der Waals surface area contributed by atoms with Crippen molar-refractivity contribution in [1.29, 1.82) is 0 Å². The van der Waals surface area contributed by atoms with Crippen molar-refractivity contribution in [2.75, 3.05) is 12.4 Å². The zero-order valence-electron chi connectivity index (χ0n) is 14.3. The predicted octanol–water partition coefficient (Wildman–Crippen LogP) is 2.30. The average molecular weight is 391 g/mol. The molecular formula is C17H17N3O6S. The number of benzene rings is 2. The molecule has 1 fully saturated rings. The molecule has 0 aromatic heterocycles. The Hall–Kier alpha value is -2.98. The van der Waals surface area contributed by atoms with Crippen LogP contribution in [0.3, 0.4) is 0 Å². The number of nitrogens with one attached hydrogen (secondary N) is 2. The maximum absolute atomic E-state index is 12.5. The van der Waals surface area contributed by atoms with Crippen molar-refractivity contribution in [1.82, 2.24) is 4.72 Å². The number of nitro benzene ring substituents is 1. The fraction of sp³-hybridized carbons (Fsp3) is 0.235. The predicted molar refractivity (Wildman–Crippen MR) is 97.4 cm³/mol. The standard InChI is InChI=1S/C17H17N3O6S/c1-26-16-8-7-13(20(22)23)10-15(16)17(21)18-12-3-2-4-14(9-12)27(24,25)19-11-5-6-11/h2-4,7-11,19H,5-6H2,1H3,(H,18,21). The number of nitrogens with zero attached hydrogens (tertiary/aromatic N) is 1. The Labute approximate surface area is 155 Å². The summed E-state index contributed by atoms with van der Waals surface area (Å²) in [7, 11) is -2.32. The topological polar surface area (TPSA) is 128 Å². The van der Waals surface area contributed by atoms with Gasteiger partial charge >= 0.3 is 0 Å². The zero-order chi connectivity index (χ0) is 19.6. The molecule has 9 nitrogen and oxygen atoms in total. The van der Waals surface area contributed by atoms with E-state index >= 15 is 0 Å². The molecule has 0 radical (unpaired) electrons. The van der Waals surface area contributed by atoms with Crippen molar-refractivity contribution in [3.8, 4) is 5.75 Å². The van der Waals surface area contributed by atoms with E-state index in [4.69, 9.17) is 4.74 Å². The van der Waals surface area contributed by atoms with Gasteiger partial charge in [0.05, 0.1) is 22.5 Å². The van der Waals surface area contributed by atoms with Gasteiger partial charge < -0.3 is 10.1 Å². The minimum atomic E-state index is -3.67. The van der Waals surface area contributed by atoms with Crippen LogP contribution in [0, 0.1) is 10.1 Å². The van der Waals surface area contributed by atoms with Crippen LogP contribution in [0.4, 0.5) is 11.4 Å². The molecule has 0 spiro atoms. The second kappa shape index (κ2) is 7.33. The SMILES string of the molecule is COc1ccc([N+](=O)[O-])cc1C(=O)Nc1cccc(S(=O)(=O)NC2CC2)c1. The fourth-order valence-corrected chi connectivity index (χ4v) is 3.77. The normalized spacial score (nSPS) is 13.8. The molecule has 0 unspecified atom stereocenters. The maximum atomic E-state index is 12.5. The molecular weight excluding hydrogens is 374 g/mol. The number of hydrogen-bond acceptors (Lipinski definition) is 6. The van der Waals surface area contributed by atoms with Crippen molar-refractivity contribution in [3.05, 3.63) is 58.1 Å². The highest BCUT2D eigenvalue weighted by Gasteiger charge is 2.28. The number of ether oxygens (including phenoxy) is 1. The average Bonchev–Trinajstić information content (AvgIpc) is 3.44. The Bertz CT molecular complexity index is 1000. The molecule has 2 N–H and O–H groups in total. The maximum Gasteiger partial charge on any atom is 0.270 e. The summed E-state index contributed by atoms with van der Waals surface area (Å²) in [6, 6.07) is 9.39. The van der Waals surface area contributed by atoms with Crippen molar-refractivity contribution < 1.29 is 22.9 Å². The number of carbonyl (C=O) groups excluding carboxylic acids is 1. The fourth-order valence-electron chi connectivity index (χ4n) is 2.42. The first-order valence-corrected chi connectivity index (χ1v) is 9.54. The van der Waals surface area contributed by atoms with Crippen LogP contribution in [0.15, 0.2) is 47.4 Å². The minimum absolute atomic E-state index is 0.0261. The summed E-state index contributed by atoms with van der Waals surface area (Å²) in [4.78, 5) is 22.9. The molecule has 0 aliphatic heterocycles. The number of amides is 1. The highest BCUT2D eigenvalue weighted by Crippen LogP contribution is 2.26. The van der Waals surface area contributed by atoms with Crippen LogP contribution in [-0.4, -0.2) is 32.4 Å². The molecule has 3 rings (SSSR count). The van der Waals surface area contributed by atoms with Crippen LogP contribution in [0.1, 0.15) is 23.2 Å². The lowest BCUT2D eigenvalue weighted by Gasteiger charge is -2.11. The van der Waals surface area contributed by atoms with Crippen molar-refractivity contribution in [2.45, 2.75) is 23.8 Å². The first kappa shape index (κ1) is 18.8. The van der Waals surface area contributed by atoms with Crippen LogP contribution < -0.4 is 14.8 Å². The van der Waals surface area contributed by atoms with Gasteiger partial charge in [-0.25, -0.2) is 13.1 Å². The third-order valence-corrected chi connectivity index (χ3v) is 5.46. The highest BCUT2D eigenvalue weighted by molar-refractivity contribution is 7.89. The second-order valence-corrected chi connectivity index (χ2v) is 7.73. The van der Waals surface area contributed by atoms with Gasteiger partial charge in [0, 0.05) is 23.9 Å². The lowest BCUT2D eigenvalue weighted by atomic mass is 10.1. The first-order chi connectivity index (χ1) is 12.8. The van der Waals surface area contributed by atoms with Crippen molar-refractivity contribution in [3.63, 3.8) is 0 Å². The van der Waals surface area contributed by atoms with E-state index in [1.807, 2.05) is 0 Å². The molecule has 2 aromatic carbocycles. The molecule has 0 saturated heterocycles. The molecule has 1 aliphatic rings. The van der Waals surface area contributed by atoms with Gasteiger partial charge in [0.15, 0.2) is 0 Å². The summed E-state index contributed by atoms with van der Waals surface area (Å²) >= 11 is 0. The van der Waals surface area contributed by atoms with Gasteiger partial charge in [-0.15, -0.1) is 0 Å². The van der Waals surface area contributed by atoms with Crippen LogP contribution >= 0.6 is 0 Å². The van der Waals surface area contributed by atoms with E-state index in [0.29, 0.717) is 0 Å². The highest BCUT2D eigenvalue weighted by atomic mass is 32.2. The van der Waals surface area contributed by atoms with Crippen molar-refractivity contribution >= 4 is 27.3 Å². The number of anilines is 1. The van der Waals surface area contributed by atoms with E-state index in [1.165, 1.54) is 43.5 Å². The van der Waals surface area contributed by atoms with E-state index < -0.39 is 20.9 Å². The van der Waals surface area contributed by atoms with E-state index in [0.717, 1.165) is 18.9 Å². The molecule has 27 heavy (non-hydrogen) atoms. The Morgan fingerprint density at radius 3 is 2.59 bits per heavy atom. The number of non-ortho nitro benzene ring substituents is 1. The Morgan fingerprint density at radius 1 is 1.22 bits per heavy atom. The minimum Gasteiger partial charge on any atom is -0.496 e. The third-order valence-electron chi connectivity index (χ3n) is 3.94. The summed E-state index contributed by atoms with van der Waals surface area (Å²) in [5, 5.41) is 13.5. The first-order valence-electron chi connectivity index (χ1n) is 8.06. The smallest absolute Gasteiger partial charge is 0.270 e. The molecule has 0 heterocycles. The largest absolute Gasteiger partial charge is 0.496 e. The Morgan fingerprint density at radius 2 is 1.96 bits per heavy atom. The summed E-state index contributed by atoms with van der Waals surface area (Å²) in [5.41, 5.74) is -0.0470. The Kier molecular flexibility index (Phi) is 5.10. The molecule has 142 valence electrons. The van der Waals surface area contributed by atoms with E-state index in [9.17, 15) is 23.3 Å². The monoisotopic (exact) mass is 391 g/mol. The molecule has 0 atom stereocenters. The summed E-state index contributed by atoms with van der Waals surface area (Å²) in [5.74, 6) is -0.488. The lowest BCUT2D eigenvalue weighted by Crippen LogP contribution is -2.25. The van der Waals surface area contributed by atoms with Gasteiger partial charge in [0.1, 0.15) is 5.75 Å². The molecule has 2 aromatic rings.